The summed E-state index contributed by atoms with van der Waals surface area (Å²) in [4.78, 5) is 11.2. The van der Waals surface area contributed by atoms with Crippen LogP contribution in [0.4, 0.5) is 0 Å². The van der Waals surface area contributed by atoms with Gasteiger partial charge in [0.2, 0.25) is 0 Å². The van der Waals surface area contributed by atoms with E-state index < -0.39 is 0 Å². The zero-order valence-corrected chi connectivity index (χ0v) is 10.7. The molecule has 0 unspecified atom stereocenters. The molecule has 0 saturated carbocycles. The van der Waals surface area contributed by atoms with Gasteiger partial charge in [-0.05, 0) is 6.42 Å². The first-order chi connectivity index (χ1) is 6.31. The summed E-state index contributed by atoms with van der Waals surface area (Å²) in [5, 5.41) is 0. The summed E-state index contributed by atoms with van der Waals surface area (Å²) in [7, 11) is 1.39. The summed E-state index contributed by atoms with van der Waals surface area (Å²) in [6.07, 6.45) is 3.67. The predicted octanol–water partition coefficient (Wildman–Crippen LogP) is 1.49. The zero-order valence-electron chi connectivity index (χ0n) is 7.74. The van der Waals surface area contributed by atoms with Crippen LogP contribution in [0.3, 0.4) is 0 Å². The Labute approximate surface area is 97.2 Å². The third-order valence-electron chi connectivity index (χ3n) is 2.10. The average molecular weight is 357 g/mol. The van der Waals surface area contributed by atoms with Crippen LogP contribution in [-0.2, 0) is 37.0 Å². The van der Waals surface area contributed by atoms with Gasteiger partial charge in [-0.15, -0.1) is 35.4 Å². The molecule has 3 heteroatoms. The monoisotopic (exact) mass is 357 g/mol. The van der Waals surface area contributed by atoms with Crippen molar-refractivity contribution in [3.05, 3.63) is 47.0 Å². The first-order valence-corrected chi connectivity index (χ1v) is 4.10. The summed E-state index contributed by atoms with van der Waals surface area (Å²) in [5.74, 6) is -0.281. The van der Waals surface area contributed by atoms with Crippen molar-refractivity contribution in [2.45, 2.75) is 6.42 Å². The summed E-state index contributed by atoms with van der Waals surface area (Å²) < 4.78 is 4.63. The molecule has 1 aromatic rings. The summed E-state index contributed by atoms with van der Waals surface area (Å²) in [6.45, 7) is 0. The first kappa shape index (κ1) is 11.2. The van der Waals surface area contributed by atoms with Crippen LogP contribution in [0.15, 0.2) is 29.8 Å². The molecule has 0 fully saturated rings. The van der Waals surface area contributed by atoms with Crippen LogP contribution in [-0.4, -0.2) is 13.1 Å². The number of benzene rings is 1. The Morgan fingerprint density at radius 3 is 2.79 bits per heavy atom. The number of carbonyl (C=O) groups excluding carboxylic acids is 1. The van der Waals surface area contributed by atoms with Gasteiger partial charge in [-0.2, -0.15) is 0 Å². The molecule has 14 heavy (non-hydrogen) atoms. The van der Waals surface area contributed by atoms with Gasteiger partial charge in [0.25, 0.3) is 5.97 Å². The van der Waals surface area contributed by atoms with E-state index in [-0.39, 0.29) is 27.0 Å². The second-order valence-corrected chi connectivity index (χ2v) is 2.93. The van der Waals surface area contributed by atoms with Crippen LogP contribution in [0, 0.1) is 6.08 Å². The fourth-order valence-electron chi connectivity index (χ4n) is 1.44. The van der Waals surface area contributed by atoms with Gasteiger partial charge >= 0.3 is 0 Å². The van der Waals surface area contributed by atoms with Crippen LogP contribution in [0.1, 0.15) is 11.1 Å². The quantitative estimate of drug-likeness (QED) is 0.563. The van der Waals surface area contributed by atoms with E-state index in [0.717, 1.165) is 11.1 Å². The molecule has 0 aliphatic heterocycles. The molecule has 0 spiro atoms. The maximum atomic E-state index is 11.2. The molecule has 0 atom stereocenters. The number of fused-ring (bicyclic) bond motifs is 1. The van der Waals surface area contributed by atoms with E-state index in [9.17, 15) is 4.79 Å². The van der Waals surface area contributed by atoms with Gasteiger partial charge in [0, 0.05) is 21.1 Å². The average Bonchev–Trinajstić information content (AvgIpc) is 2.59. The topological polar surface area (TPSA) is 26.3 Å². The molecule has 1 aliphatic rings. The Hall–Kier alpha value is -0.882. The summed E-state index contributed by atoms with van der Waals surface area (Å²) in [6, 6.07) is 7.84. The molecule has 1 aliphatic carbocycles. The van der Waals surface area contributed by atoms with Crippen LogP contribution < -0.4 is 0 Å². The Morgan fingerprint density at radius 1 is 1.43 bits per heavy atom. The standard InChI is InChI=1S/C11H9O2.W/c1-13-11(12)10-6-8-4-2-3-5-9(8)7-10;/h2-5H,6H2,1H3;/q-1;. The third-order valence-corrected chi connectivity index (χ3v) is 2.10. The number of hydrogen-bond acceptors (Lipinski definition) is 2. The molecule has 2 nitrogen and oxygen atoms in total. The number of hydrogen-bond donors (Lipinski definition) is 0. The van der Waals surface area contributed by atoms with Crippen LogP contribution in [0.2, 0.25) is 0 Å². The molecule has 0 radical (unpaired) electrons. The van der Waals surface area contributed by atoms with Crippen molar-refractivity contribution in [2.24, 2.45) is 0 Å². The number of methoxy groups -OCH3 is 1. The fourth-order valence-corrected chi connectivity index (χ4v) is 1.44. The van der Waals surface area contributed by atoms with Crippen LogP contribution >= 0.6 is 0 Å². The maximum Gasteiger partial charge on any atom is 0.254 e. The Kier molecular flexibility index (Phi) is 3.65. The van der Waals surface area contributed by atoms with E-state index in [4.69, 9.17) is 0 Å². The molecule has 72 valence electrons. The second kappa shape index (κ2) is 4.56. The second-order valence-electron chi connectivity index (χ2n) is 2.93. The molecule has 0 N–H and O–H groups in total. The summed E-state index contributed by atoms with van der Waals surface area (Å²) in [5.41, 5.74) is 2.76. The molecule has 2 rings (SSSR count). The molecular formula is C11H9O2W-. The van der Waals surface area contributed by atoms with Crippen LogP contribution in [0.25, 0.3) is 0 Å². The van der Waals surface area contributed by atoms with Crippen molar-refractivity contribution in [1.82, 2.24) is 0 Å². The van der Waals surface area contributed by atoms with E-state index in [2.05, 4.69) is 10.8 Å². The van der Waals surface area contributed by atoms with Gasteiger partial charge in [0.15, 0.2) is 0 Å². The Bertz CT molecular complexity index is 383. The molecule has 0 aromatic heterocycles. The van der Waals surface area contributed by atoms with Gasteiger partial charge in [-0.3, -0.25) is 0 Å². The SMILES string of the molecule is COC(=O)C1=[C-]c2ccccc2C1.[W]. The number of carbonyl (C=O) groups is 1. The summed E-state index contributed by atoms with van der Waals surface area (Å²) >= 11 is 0. The maximum absolute atomic E-state index is 11.2. The minimum Gasteiger partial charge on any atom is -0.508 e. The van der Waals surface area contributed by atoms with Gasteiger partial charge < -0.3 is 9.53 Å². The number of ether oxygens (including phenoxy) is 1. The van der Waals surface area contributed by atoms with Crippen LogP contribution in [0.5, 0.6) is 0 Å². The van der Waals surface area contributed by atoms with Crippen molar-refractivity contribution in [3.63, 3.8) is 0 Å². The van der Waals surface area contributed by atoms with Crippen molar-refractivity contribution in [3.8, 4) is 0 Å². The molecule has 0 saturated heterocycles. The van der Waals surface area contributed by atoms with Gasteiger partial charge in [0.05, 0.1) is 7.11 Å². The zero-order chi connectivity index (χ0) is 9.26. The third kappa shape index (κ3) is 1.96. The van der Waals surface area contributed by atoms with Gasteiger partial charge in [-0.1, -0.05) is 11.6 Å². The molecule has 0 amide bonds. The minimum atomic E-state index is -0.281. The van der Waals surface area contributed by atoms with Crippen molar-refractivity contribution in [1.29, 1.82) is 0 Å². The van der Waals surface area contributed by atoms with E-state index in [0.29, 0.717) is 12.0 Å². The molecule has 0 bridgehead atoms. The smallest absolute Gasteiger partial charge is 0.254 e. The molecule has 0 heterocycles. The van der Waals surface area contributed by atoms with Crippen molar-refractivity contribution < 1.29 is 30.6 Å². The Balaban J connectivity index is 0.000000980. The Morgan fingerprint density at radius 2 is 2.14 bits per heavy atom. The van der Waals surface area contributed by atoms with Crippen molar-refractivity contribution >= 4 is 5.97 Å². The number of esters is 1. The minimum absolute atomic E-state index is 0. The fraction of sp³-hybridized carbons (Fsp3) is 0.182. The normalized spacial score (nSPS) is 12.5. The van der Waals surface area contributed by atoms with E-state index in [1.807, 2.05) is 24.3 Å². The van der Waals surface area contributed by atoms with E-state index >= 15 is 0 Å². The molecular weight excluding hydrogens is 348 g/mol. The van der Waals surface area contributed by atoms with Crippen molar-refractivity contribution in [2.75, 3.05) is 7.11 Å². The predicted molar refractivity (Wildman–Crippen MR) is 48.0 cm³/mol. The van der Waals surface area contributed by atoms with Gasteiger partial charge in [0.1, 0.15) is 0 Å². The number of rotatable bonds is 1. The van der Waals surface area contributed by atoms with Gasteiger partial charge in [-0.25, -0.2) is 0 Å². The molecule has 1 aromatic carbocycles. The first-order valence-electron chi connectivity index (χ1n) is 4.10. The largest absolute Gasteiger partial charge is 0.508 e. The van der Waals surface area contributed by atoms with E-state index in [1.54, 1.807) is 0 Å². The van der Waals surface area contributed by atoms with E-state index in [1.165, 1.54) is 7.11 Å².